The molecule has 196 valence electrons. The van der Waals surface area contributed by atoms with E-state index < -0.39 is 29.1 Å². The topological polar surface area (TPSA) is 93.5 Å². The number of esters is 1. The summed E-state index contributed by atoms with van der Waals surface area (Å²) in [5.41, 5.74) is 2.27. The van der Waals surface area contributed by atoms with Crippen molar-refractivity contribution in [3.8, 4) is 0 Å². The quantitative estimate of drug-likeness (QED) is 0.238. The molecule has 7 nitrogen and oxygen atoms in total. The fourth-order valence-corrected chi connectivity index (χ4v) is 4.76. The normalized spacial score (nSPS) is 12.6. The summed E-state index contributed by atoms with van der Waals surface area (Å²) in [6, 6.07) is 29.6. The number of carboxylic acids is 1. The van der Waals surface area contributed by atoms with Crippen molar-refractivity contribution < 1.29 is 19.4 Å². The third-order valence-electron chi connectivity index (χ3n) is 6.26. The highest BCUT2D eigenvalue weighted by atomic mass is 16.6. The maximum absolute atomic E-state index is 13.2. The average molecular weight is 512 g/mol. The third kappa shape index (κ3) is 5.84. The standard InChI is InChI=1S/C31H33N3O4/c1-30(2,3)38-29(37)27(33-21-28(35)36)19-26-20-32-22-34(26)31(23-13-7-4-8-14-23,24-15-9-5-10-16-24)25-17-11-6-12-18-25/h4-18,20,22,27,33H,19,21H2,1-3H3,(H,35,36). The maximum atomic E-state index is 13.2. The number of nitrogens with one attached hydrogen (secondary N) is 1. The molecule has 1 atom stereocenters. The Morgan fingerprint density at radius 3 is 1.76 bits per heavy atom. The fourth-order valence-electron chi connectivity index (χ4n) is 4.76. The number of benzene rings is 3. The summed E-state index contributed by atoms with van der Waals surface area (Å²) in [5.74, 6) is -1.57. The van der Waals surface area contributed by atoms with E-state index in [1.807, 2.05) is 54.6 Å². The molecule has 0 fully saturated rings. The van der Waals surface area contributed by atoms with Gasteiger partial charge in [-0.15, -0.1) is 0 Å². The van der Waals surface area contributed by atoms with Crippen molar-refractivity contribution in [1.29, 1.82) is 0 Å². The molecule has 0 radical (unpaired) electrons. The van der Waals surface area contributed by atoms with Crippen LogP contribution in [0.5, 0.6) is 0 Å². The summed E-state index contributed by atoms with van der Waals surface area (Å²) in [5, 5.41) is 12.2. The van der Waals surface area contributed by atoms with Gasteiger partial charge in [0, 0.05) is 18.3 Å². The van der Waals surface area contributed by atoms with Crippen molar-refractivity contribution >= 4 is 11.9 Å². The SMILES string of the molecule is CC(C)(C)OC(=O)C(Cc1cncn1C(c1ccccc1)(c1ccccc1)c1ccccc1)NCC(=O)O. The summed E-state index contributed by atoms with van der Waals surface area (Å²) in [7, 11) is 0. The summed E-state index contributed by atoms with van der Waals surface area (Å²) in [4.78, 5) is 29.0. The molecule has 38 heavy (non-hydrogen) atoms. The Hall–Kier alpha value is -4.23. The van der Waals surface area contributed by atoms with E-state index in [-0.39, 0.29) is 13.0 Å². The Morgan fingerprint density at radius 2 is 1.34 bits per heavy atom. The maximum Gasteiger partial charge on any atom is 0.324 e. The lowest BCUT2D eigenvalue weighted by Gasteiger charge is -2.39. The largest absolute Gasteiger partial charge is 0.480 e. The predicted octanol–water partition coefficient (Wildman–Crippen LogP) is 4.65. The molecule has 0 bridgehead atoms. The molecular formula is C31H33N3O4. The zero-order valence-corrected chi connectivity index (χ0v) is 21.9. The third-order valence-corrected chi connectivity index (χ3v) is 6.26. The van der Waals surface area contributed by atoms with Crippen LogP contribution in [0.4, 0.5) is 0 Å². The van der Waals surface area contributed by atoms with Gasteiger partial charge in [0.05, 0.1) is 12.9 Å². The van der Waals surface area contributed by atoms with Crippen molar-refractivity contribution in [2.75, 3.05) is 6.54 Å². The van der Waals surface area contributed by atoms with Crippen LogP contribution >= 0.6 is 0 Å². The first-order chi connectivity index (χ1) is 18.2. The van der Waals surface area contributed by atoms with Crippen molar-refractivity contribution in [3.05, 3.63) is 126 Å². The Labute approximate surface area is 223 Å². The zero-order chi connectivity index (χ0) is 27.2. The van der Waals surface area contributed by atoms with E-state index in [2.05, 4.69) is 51.3 Å². The minimum absolute atomic E-state index is 0.177. The van der Waals surface area contributed by atoms with Crippen LogP contribution in [0.25, 0.3) is 0 Å². The highest BCUT2D eigenvalue weighted by molar-refractivity contribution is 5.78. The van der Waals surface area contributed by atoms with Crippen LogP contribution in [0.3, 0.4) is 0 Å². The van der Waals surface area contributed by atoms with E-state index >= 15 is 0 Å². The molecule has 4 rings (SSSR count). The van der Waals surface area contributed by atoms with Gasteiger partial charge >= 0.3 is 11.9 Å². The molecule has 1 heterocycles. The van der Waals surface area contributed by atoms with E-state index in [0.29, 0.717) is 0 Å². The molecule has 0 aliphatic heterocycles. The summed E-state index contributed by atoms with van der Waals surface area (Å²) in [6.07, 6.45) is 3.67. The predicted molar refractivity (Wildman–Crippen MR) is 146 cm³/mol. The number of rotatable bonds is 10. The van der Waals surface area contributed by atoms with Crippen LogP contribution in [-0.4, -0.2) is 44.8 Å². The summed E-state index contributed by atoms with van der Waals surface area (Å²) < 4.78 is 7.71. The molecule has 1 unspecified atom stereocenters. The summed E-state index contributed by atoms with van der Waals surface area (Å²) in [6.45, 7) is 4.98. The van der Waals surface area contributed by atoms with E-state index in [9.17, 15) is 14.7 Å². The number of carbonyl (C=O) groups is 2. The molecule has 2 N–H and O–H groups in total. The van der Waals surface area contributed by atoms with E-state index in [0.717, 1.165) is 22.4 Å². The lowest BCUT2D eigenvalue weighted by molar-refractivity contribution is -0.157. The molecule has 0 saturated heterocycles. The molecule has 0 spiro atoms. The molecule has 7 heteroatoms. The number of aromatic nitrogens is 2. The first kappa shape index (κ1) is 26.8. The minimum Gasteiger partial charge on any atom is -0.480 e. The Morgan fingerprint density at radius 1 is 0.868 bits per heavy atom. The zero-order valence-electron chi connectivity index (χ0n) is 21.9. The molecule has 0 aliphatic rings. The Bertz CT molecular complexity index is 1250. The Kier molecular flexibility index (Phi) is 8.08. The number of carbonyl (C=O) groups excluding carboxylic acids is 1. The van der Waals surface area contributed by atoms with Gasteiger partial charge in [0.25, 0.3) is 0 Å². The molecule has 3 aromatic carbocycles. The lowest BCUT2D eigenvalue weighted by atomic mass is 9.76. The second-order valence-electron chi connectivity index (χ2n) is 10.1. The van der Waals surface area contributed by atoms with Gasteiger partial charge in [0.2, 0.25) is 0 Å². The first-order valence-corrected chi connectivity index (χ1v) is 12.6. The second-order valence-corrected chi connectivity index (χ2v) is 10.1. The first-order valence-electron chi connectivity index (χ1n) is 12.6. The average Bonchev–Trinajstić information content (AvgIpc) is 3.36. The molecule has 0 amide bonds. The van der Waals surface area contributed by atoms with Crippen LogP contribution in [0.15, 0.2) is 104 Å². The van der Waals surface area contributed by atoms with Gasteiger partial charge < -0.3 is 14.4 Å². The monoisotopic (exact) mass is 511 g/mol. The van der Waals surface area contributed by atoms with Gasteiger partial charge in [-0.2, -0.15) is 0 Å². The van der Waals surface area contributed by atoms with Crippen LogP contribution in [0, 0.1) is 0 Å². The lowest BCUT2D eigenvalue weighted by Crippen LogP contribution is -2.46. The molecule has 0 aliphatic carbocycles. The minimum atomic E-state index is -1.06. The van der Waals surface area contributed by atoms with Gasteiger partial charge in [-0.1, -0.05) is 91.0 Å². The van der Waals surface area contributed by atoms with E-state index in [4.69, 9.17) is 4.74 Å². The van der Waals surface area contributed by atoms with E-state index in [1.54, 1.807) is 33.3 Å². The van der Waals surface area contributed by atoms with Crippen LogP contribution in [0.2, 0.25) is 0 Å². The second kappa shape index (κ2) is 11.4. The number of hydrogen-bond acceptors (Lipinski definition) is 5. The highest BCUT2D eigenvalue weighted by Gasteiger charge is 2.40. The van der Waals surface area contributed by atoms with Crippen LogP contribution < -0.4 is 5.32 Å². The highest BCUT2D eigenvalue weighted by Crippen LogP contribution is 2.41. The van der Waals surface area contributed by atoms with Crippen LogP contribution in [-0.2, 0) is 26.3 Å². The number of carboxylic acid groups (broad SMARTS) is 1. The van der Waals surface area contributed by atoms with Gasteiger partial charge in [-0.05, 0) is 37.5 Å². The van der Waals surface area contributed by atoms with Gasteiger partial charge in [-0.3, -0.25) is 14.9 Å². The number of hydrogen-bond donors (Lipinski definition) is 2. The Balaban J connectivity index is 1.90. The van der Waals surface area contributed by atoms with Crippen molar-refractivity contribution in [3.63, 3.8) is 0 Å². The van der Waals surface area contributed by atoms with Crippen molar-refractivity contribution in [2.24, 2.45) is 0 Å². The number of nitrogens with zero attached hydrogens (tertiary/aromatic N) is 2. The van der Waals surface area contributed by atoms with Crippen molar-refractivity contribution in [2.45, 2.75) is 44.4 Å². The number of ether oxygens (including phenoxy) is 1. The smallest absolute Gasteiger partial charge is 0.324 e. The van der Waals surface area contributed by atoms with Gasteiger partial charge in [0.15, 0.2) is 0 Å². The number of imidazole rings is 1. The number of aliphatic carboxylic acids is 1. The molecular weight excluding hydrogens is 478 g/mol. The van der Waals surface area contributed by atoms with Gasteiger partial charge in [-0.25, -0.2) is 4.98 Å². The fraction of sp³-hybridized carbons (Fsp3) is 0.258. The van der Waals surface area contributed by atoms with Crippen molar-refractivity contribution in [1.82, 2.24) is 14.9 Å². The van der Waals surface area contributed by atoms with E-state index in [1.165, 1.54) is 0 Å². The van der Waals surface area contributed by atoms with Gasteiger partial charge in [0.1, 0.15) is 17.2 Å². The molecule has 0 saturated carbocycles. The summed E-state index contributed by atoms with van der Waals surface area (Å²) >= 11 is 0. The molecule has 4 aromatic rings. The molecule has 1 aromatic heterocycles. The van der Waals surface area contributed by atoms with Crippen LogP contribution in [0.1, 0.15) is 43.2 Å².